The Morgan fingerprint density at radius 1 is 0.927 bits per heavy atom. The first kappa shape index (κ1) is 27.4. The molecule has 1 aliphatic carbocycles. The number of nitrogens with zero attached hydrogens (tertiary/aromatic N) is 1. The highest BCUT2D eigenvalue weighted by Gasteiger charge is 2.17. The van der Waals surface area contributed by atoms with Gasteiger partial charge in [0.1, 0.15) is 0 Å². The van der Waals surface area contributed by atoms with Gasteiger partial charge >= 0.3 is 0 Å². The van der Waals surface area contributed by atoms with Crippen LogP contribution in [-0.2, 0) is 0 Å². The molecule has 1 heterocycles. The zero-order valence-electron chi connectivity index (χ0n) is 24.4. The molecule has 1 unspecified atom stereocenters. The van der Waals surface area contributed by atoms with Gasteiger partial charge in [0, 0.05) is 32.7 Å². The molecule has 0 radical (unpaired) electrons. The van der Waals surface area contributed by atoms with Crippen molar-refractivity contribution in [3.63, 3.8) is 0 Å². The fourth-order valence-electron chi connectivity index (χ4n) is 6.66. The van der Waals surface area contributed by atoms with Crippen LogP contribution in [0.5, 0.6) is 0 Å². The summed E-state index contributed by atoms with van der Waals surface area (Å²) in [6.45, 7) is 11.2. The van der Waals surface area contributed by atoms with E-state index in [-0.39, 0.29) is 0 Å². The molecule has 4 aromatic carbocycles. The maximum Gasteiger partial charge on any atom is 0.0499 e. The van der Waals surface area contributed by atoms with E-state index >= 15 is 0 Å². The number of hydrogen-bond donors (Lipinski definition) is 0. The maximum atomic E-state index is 7.09. The largest absolute Gasteiger partial charge is 0.338 e. The number of halogens is 1. The number of hydrogen-bond acceptors (Lipinski definition) is 0. The summed E-state index contributed by atoms with van der Waals surface area (Å²) in [5, 5.41) is 8.65. The van der Waals surface area contributed by atoms with E-state index in [4.69, 9.17) is 11.6 Å². The minimum Gasteiger partial charge on any atom is -0.338 e. The summed E-state index contributed by atoms with van der Waals surface area (Å²) < 4.78 is 2.54. The average Bonchev–Trinajstić information content (AvgIpc) is 3.31. The van der Waals surface area contributed by atoms with Gasteiger partial charge in [-0.25, -0.2) is 0 Å². The summed E-state index contributed by atoms with van der Waals surface area (Å²) in [6.07, 6.45) is 14.3. The second-order valence-corrected chi connectivity index (χ2v) is 11.8. The van der Waals surface area contributed by atoms with E-state index in [9.17, 15) is 0 Å². The molecule has 5 aromatic rings. The lowest BCUT2D eigenvalue weighted by atomic mass is 9.92. The van der Waals surface area contributed by atoms with Crippen molar-refractivity contribution >= 4 is 55.7 Å². The molecular weight excluding hydrogens is 518 g/mol. The number of aryl methyl sites for hydroxylation is 1. The topological polar surface area (TPSA) is 4.93 Å². The second-order valence-electron chi connectivity index (χ2n) is 11.5. The Bertz CT molecular complexity index is 1920. The van der Waals surface area contributed by atoms with E-state index < -0.39 is 0 Å². The lowest BCUT2D eigenvalue weighted by Gasteiger charge is -2.17. The molecule has 1 aromatic heterocycles. The molecule has 1 aliphatic rings. The zero-order valence-corrected chi connectivity index (χ0v) is 25.1. The van der Waals surface area contributed by atoms with Gasteiger partial charge in [0.15, 0.2) is 0 Å². The van der Waals surface area contributed by atoms with Crippen molar-refractivity contribution in [2.24, 2.45) is 0 Å². The molecule has 0 N–H and O–H groups in total. The van der Waals surface area contributed by atoms with Gasteiger partial charge in [-0.15, -0.1) is 0 Å². The molecule has 206 valence electrons. The fraction of sp³-hybridized carbons (Fsp3) is 0.231. The van der Waals surface area contributed by atoms with Crippen molar-refractivity contribution in [1.82, 2.24) is 4.57 Å². The van der Waals surface area contributed by atoms with Crippen LogP contribution in [0, 0.1) is 6.92 Å². The van der Waals surface area contributed by atoms with Gasteiger partial charge < -0.3 is 4.57 Å². The summed E-state index contributed by atoms with van der Waals surface area (Å²) in [5.74, 6) is 0. The fourth-order valence-corrected chi connectivity index (χ4v) is 6.98. The van der Waals surface area contributed by atoms with Gasteiger partial charge in [0.05, 0.1) is 0 Å². The highest BCUT2D eigenvalue weighted by Crippen LogP contribution is 2.35. The van der Waals surface area contributed by atoms with E-state index in [1.54, 1.807) is 0 Å². The Kier molecular flexibility index (Phi) is 7.73. The average molecular weight is 556 g/mol. The smallest absolute Gasteiger partial charge is 0.0499 e. The van der Waals surface area contributed by atoms with Gasteiger partial charge in [0.2, 0.25) is 0 Å². The minimum absolute atomic E-state index is 0.419. The number of benzene rings is 4. The van der Waals surface area contributed by atoms with Gasteiger partial charge in [-0.1, -0.05) is 116 Å². The Morgan fingerprint density at radius 3 is 2.41 bits per heavy atom. The third kappa shape index (κ3) is 5.09. The first-order chi connectivity index (χ1) is 20.0. The zero-order chi connectivity index (χ0) is 28.5. The predicted molar refractivity (Wildman–Crippen MR) is 180 cm³/mol. The molecule has 2 heteroatoms. The van der Waals surface area contributed by atoms with E-state index in [1.807, 2.05) is 0 Å². The van der Waals surface area contributed by atoms with Crippen LogP contribution in [0.1, 0.15) is 63.1 Å². The Balaban J connectivity index is 1.39. The number of allylic oxidation sites excluding steroid dienone is 7. The van der Waals surface area contributed by atoms with Crippen LogP contribution >= 0.6 is 11.6 Å². The molecule has 0 saturated heterocycles. The highest BCUT2D eigenvalue weighted by molar-refractivity contribution is 6.32. The van der Waals surface area contributed by atoms with Crippen molar-refractivity contribution in [2.75, 3.05) is 0 Å². The molecule has 0 spiro atoms. The van der Waals surface area contributed by atoms with Crippen molar-refractivity contribution in [3.8, 4) is 0 Å². The quantitative estimate of drug-likeness (QED) is 0.176. The van der Waals surface area contributed by atoms with Crippen LogP contribution in [0.15, 0.2) is 114 Å². The van der Waals surface area contributed by atoms with E-state index in [2.05, 4.69) is 129 Å². The lowest BCUT2D eigenvalue weighted by molar-refractivity contribution is 0.507. The van der Waals surface area contributed by atoms with Gasteiger partial charge in [-0.2, -0.15) is 0 Å². The Morgan fingerprint density at radius 2 is 1.63 bits per heavy atom. The lowest BCUT2D eigenvalue weighted by Crippen LogP contribution is -2.20. The first-order valence-corrected chi connectivity index (χ1v) is 15.3. The number of aromatic nitrogens is 1. The van der Waals surface area contributed by atoms with Crippen LogP contribution in [0.2, 0.25) is 0 Å². The van der Waals surface area contributed by atoms with Crippen LogP contribution in [0.25, 0.3) is 44.1 Å². The molecule has 1 atom stereocenters. The Labute approximate surface area is 248 Å². The van der Waals surface area contributed by atoms with E-state index in [0.717, 1.165) is 42.7 Å². The molecule has 1 nitrogen and oxygen atoms in total. The summed E-state index contributed by atoms with van der Waals surface area (Å²) in [7, 11) is 0. The second kappa shape index (κ2) is 11.6. The van der Waals surface area contributed by atoms with Crippen molar-refractivity contribution < 1.29 is 0 Å². The SMILES string of the molecule is C=C(/C=C/C1=C(Cl)C(=C/C=c2\c3cccc4cccc(c43)n2C(C)CCC)/CCC1)c1cccc2cccc(C)c12. The molecule has 0 fully saturated rings. The third-order valence-corrected chi connectivity index (χ3v) is 9.15. The normalized spacial score (nSPS) is 16.7. The summed E-state index contributed by atoms with van der Waals surface area (Å²) >= 11 is 7.09. The molecule has 0 amide bonds. The highest BCUT2D eigenvalue weighted by atomic mass is 35.5. The van der Waals surface area contributed by atoms with Gasteiger partial charge in [-0.05, 0) is 95.7 Å². The van der Waals surface area contributed by atoms with Gasteiger partial charge in [-0.3, -0.25) is 0 Å². The number of rotatable bonds is 7. The summed E-state index contributed by atoms with van der Waals surface area (Å²) in [5.41, 5.74) is 7.18. The maximum absolute atomic E-state index is 7.09. The molecular formula is C39H38ClN. The van der Waals surface area contributed by atoms with Crippen LogP contribution < -0.4 is 5.35 Å². The standard InChI is InChI=1S/C39H38ClN/c1-5-11-28(4)41-35(34-20-9-15-30-16-10-21-36(41)38(30)34)25-24-32-18-7-17-31(39(32)40)23-22-26(2)33-19-8-14-29-13-6-12-27(3)37(29)33/h6,8-10,12-16,19-25,28H,2,5,7,11,17-18H2,1,3-4H3/b23-22+,32-24+,35-25+. The van der Waals surface area contributed by atoms with E-state index in [1.165, 1.54) is 60.1 Å². The predicted octanol–water partition coefficient (Wildman–Crippen LogP) is 11.0. The van der Waals surface area contributed by atoms with Crippen molar-refractivity contribution in [2.45, 2.75) is 58.9 Å². The van der Waals surface area contributed by atoms with Crippen LogP contribution in [0.3, 0.4) is 0 Å². The van der Waals surface area contributed by atoms with E-state index in [0.29, 0.717) is 6.04 Å². The van der Waals surface area contributed by atoms with Crippen LogP contribution in [0.4, 0.5) is 0 Å². The van der Waals surface area contributed by atoms with Crippen molar-refractivity contribution in [3.05, 3.63) is 130 Å². The molecule has 41 heavy (non-hydrogen) atoms. The molecule has 0 aliphatic heterocycles. The Hall–Kier alpha value is -3.81. The first-order valence-electron chi connectivity index (χ1n) is 14.9. The number of fused-ring (bicyclic) bond motifs is 1. The monoisotopic (exact) mass is 555 g/mol. The molecule has 6 rings (SSSR count). The molecule has 0 bridgehead atoms. The van der Waals surface area contributed by atoms with Gasteiger partial charge in [0.25, 0.3) is 0 Å². The van der Waals surface area contributed by atoms with Crippen LogP contribution in [-0.4, -0.2) is 4.57 Å². The minimum atomic E-state index is 0.419. The van der Waals surface area contributed by atoms with Crippen molar-refractivity contribution in [1.29, 1.82) is 0 Å². The summed E-state index contributed by atoms with van der Waals surface area (Å²) in [4.78, 5) is 0. The summed E-state index contributed by atoms with van der Waals surface area (Å²) in [6, 6.07) is 26.7. The molecule has 0 saturated carbocycles. The third-order valence-electron chi connectivity index (χ3n) is 8.67.